The summed E-state index contributed by atoms with van der Waals surface area (Å²) in [5.41, 5.74) is 1.35. The molecule has 1 atom stereocenters. The lowest BCUT2D eigenvalue weighted by molar-refractivity contribution is 0.0272. The summed E-state index contributed by atoms with van der Waals surface area (Å²) in [6.07, 6.45) is 2.05. The first-order valence-corrected chi connectivity index (χ1v) is 7.12. The molecule has 0 N–H and O–H groups in total. The number of carbonyl (C=O) groups excluding carboxylic acids is 1. The summed E-state index contributed by atoms with van der Waals surface area (Å²) in [6, 6.07) is 5.62. The predicted molar refractivity (Wildman–Crippen MR) is 80.3 cm³/mol. The lowest BCUT2D eigenvalue weighted by Gasteiger charge is -2.08. The van der Waals surface area contributed by atoms with Crippen molar-refractivity contribution in [1.29, 1.82) is 0 Å². The number of ether oxygens (including phenoxy) is 1. The summed E-state index contributed by atoms with van der Waals surface area (Å²) >= 11 is 0. The molecule has 0 radical (unpaired) electrons. The number of aromatic nitrogens is 4. The van der Waals surface area contributed by atoms with E-state index in [0.717, 1.165) is 0 Å². The second-order valence-corrected chi connectivity index (χ2v) is 5.04. The van der Waals surface area contributed by atoms with Crippen molar-refractivity contribution >= 4 is 5.97 Å². The second-order valence-electron chi connectivity index (χ2n) is 5.04. The van der Waals surface area contributed by atoms with Crippen LogP contribution < -0.4 is 0 Å². The summed E-state index contributed by atoms with van der Waals surface area (Å²) in [5.74, 6) is -0.665. The third-order valence-electron chi connectivity index (χ3n) is 3.15. The van der Waals surface area contributed by atoms with Gasteiger partial charge < -0.3 is 9.15 Å². The average Bonchev–Trinajstić information content (AvgIpc) is 3.06. The fourth-order valence-corrected chi connectivity index (χ4v) is 1.88. The van der Waals surface area contributed by atoms with Crippen molar-refractivity contribution in [2.75, 3.05) is 0 Å². The molecule has 8 heteroatoms. The monoisotopic (exact) mass is 328 g/mol. The van der Waals surface area contributed by atoms with Crippen LogP contribution >= 0.6 is 0 Å². The molecule has 0 fully saturated rings. The maximum atomic E-state index is 12.9. The van der Waals surface area contributed by atoms with E-state index >= 15 is 0 Å². The SMILES string of the molecule is Cc1cnc(C(=O)O[C@H](C)c2nnc(-c3ccc(F)cc3)o2)cn1. The molecule has 122 valence electrons. The van der Waals surface area contributed by atoms with Gasteiger partial charge in [0, 0.05) is 11.8 Å². The van der Waals surface area contributed by atoms with Gasteiger partial charge in [-0.1, -0.05) is 0 Å². The number of halogens is 1. The van der Waals surface area contributed by atoms with Gasteiger partial charge in [0.25, 0.3) is 5.89 Å². The minimum atomic E-state index is -0.762. The number of benzene rings is 1. The summed E-state index contributed by atoms with van der Waals surface area (Å²) in [6.45, 7) is 3.36. The second kappa shape index (κ2) is 6.53. The Labute approximate surface area is 136 Å². The van der Waals surface area contributed by atoms with Gasteiger partial charge in [-0.3, -0.25) is 4.98 Å². The molecule has 24 heavy (non-hydrogen) atoms. The summed E-state index contributed by atoms with van der Waals surface area (Å²) in [5, 5.41) is 7.72. The van der Waals surface area contributed by atoms with Crippen molar-refractivity contribution in [3.05, 3.63) is 59.8 Å². The van der Waals surface area contributed by atoms with Crippen molar-refractivity contribution in [2.24, 2.45) is 0 Å². The van der Waals surface area contributed by atoms with Crippen LogP contribution in [0.4, 0.5) is 4.39 Å². The molecular formula is C16H13FN4O3. The number of aryl methyl sites for hydroxylation is 1. The highest BCUT2D eigenvalue weighted by Crippen LogP contribution is 2.23. The van der Waals surface area contributed by atoms with Gasteiger partial charge in [-0.15, -0.1) is 10.2 Å². The Morgan fingerprint density at radius 3 is 2.58 bits per heavy atom. The number of hydrogen-bond acceptors (Lipinski definition) is 7. The van der Waals surface area contributed by atoms with Gasteiger partial charge in [-0.2, -0.15) is 0 Å². The fourth-order valence-electron chi connectivity index (χ4n) is 1.88. The minimum absolute atomic E-state index is 0.0886. The molecule has 0 bridgehead atoms. The molecule has 0 spiro atoms. The van der Waals surface area contributed by atoms with Gasteiger partial charge in [-0.25, -0.2) is 14.2 Å². The zero-order valence-electron chi connectivity index (χ0n) is 12.9. The molecule has 0 aliphatic carbocycles. The Balaban J connectivity index is 1.71. The third-order valence-corrected chi connectivity index (χ3v) is 3.15. The van der Waals surface area contributed by atoms with E-state index in [0.29, 0.717) is 11.3 Å². The van der Waals surface area contributed by atoms with Gasteiger partial charge in [0.1, 0.15) is 5.82 Å². The Bertz CT molecular complexity index is 847. The molecule has 0 aliphatic rings. The van der Waals surface area contributed by atoms with E-state index < -0.39 is 12.1 Å². The first-order chi connectivity index (χ1) is 11.5. The van der Waals surface area contributed by atoms with Crippen molar-refractivity contribution in [3.8, 4) is 11.5 Å². The predicted octanol–water partition coefficient (Wildman–Crippen LogP) is 2.89. The van der Waals surface area contributed by atoms with Gasteiger partial charge >= 0.3 is 5.97 Å². The third kappa shape index (κ3) is 3.43. The van der Waals surface area contributed by atoms with Crippen LogP contribution in [0.25, 0.3) is 11.5 Å². The van der Waals surface area contributed by atoms with Crippen molar-refractivity contribution < 1.29 is 18.3 Å². The van der Waals surface area contributed by atoms with E-state index in [1.165, 1.54) is 36.7 Å². The molecule has 1 aromatic carbocycles. The highest BCUT2D eigenvalue weighted by Gasteiger charge is 2.20. The van der Waals surface area contributed by atoms with Crippen molar-refractivity contribution in [1.82, 2.24) is 20.2 Å². The van der Waals surface area contributed by atoms with E-state index in [-0.39, 0.29) is 23.3 Å². The first-order valence-electron chi connectivity index (χ1n) is 7.12. The maximum Gasteiger partial charge on any atom is 0.359 e. The first kappa shape index (κ1) is 15.7. The molecule has 0 aliphatic heterocycles. The van der Waals surface area contributed by atoms with E-state index in [1.54, 1.807) is 13.8 Å². The van der Waals surface area contributed by atoms with Crippen LogP contribution in [0, 0.1) is 12.7 Å². The van der Waals surface area contributed by atoms with Crippen LogP contribution in [0.2, 0.25) is 0 Å². The highest BCUT2D eigenvalue weighted by molar-refractivity contribution is 5.86. The van der Waals surface area contributed by atoms with Crippen molar-refractivity contribution in [2.45, 2.75) is 20.0 Å². The molecule has 0 saturated heterocycles. The van der Waals surface area contributed by atoms with Gasteiger partial charge in [0.15, 0.2) is 11.8 Å². The topological polar surface area (TPSA) is 91.0 Å². The summed E-state index contributed by atoms with van der Waals surface area (Å²) in [4.78, 5) is 19.9. The summed E-state index contributed by atoms with van der Waals surface area (Å²) < 4.78 is 23.6. The highest BCUT2D eigenvalue weighted by atomic mass is 19.1. The zero-order chi connectivity index (χ0) is 17.1. The van der Waals surface area contributed by atoms with Crippen LogP contribution in [0.3, 0.4) is 0 Å². The number of esters is 1. The zero-order valence-corrected chi connectivity index (χ0v) is 12.9. The van der Waals surface area contributed by atoms with Crippen LogP contribution in [0.1, 0.15) is 35.1 Å². The average molecular weight is 328 g/mol. The lowest BCUT2D eigenvalue weighted by atomic mass is 10.2. The molecular weight excluding hydrogens is 315 g/mol. The number of carbonyl (C=O) groups is 1. The van der Waals surface area contributed by atoms with E-state index in [2.05, 4.69) is 20.2 Å². The Morgan fingerprint density at radius 2 is 1.92 bits per heavy atom. The van der Waals surface area contributed by atoms with Crippen LogP contribution in [0.15, 0.2) is 41.1 Å². The molecule has 0 unspecified atom stereocenters. The molecule has 2 aromatic heterocycles. The molecule has 7 nitrogen and oxygen atoms in total. The lowest BCUT2D eigenvalue weighted by Crippen LogP contribution is -2.11. The quantitative estimate of drug-likeness (QED) is 0.680. The van der Waals surface area contributed by atoms with Crippen LogP contribution in [0.5, 0.6) is 0 Å². The standard InChI is InChI=1S/C16H13FN4O3/c1-9-7-19-13(8-18-9)16(22)23-10(2)14-20-21-15(24-14)11-3-5-12(17)6-4-11/h3-8,10H,1-2H3/t10-/m1/s1. The van der Waals surface area contributed by atoms with E-state index in [9.17, 15) is 9.18 Å². The smallest absolute Gasteiger partial charge is 0.359 e. The fraction of sp³-hybridized carbons (Fsp3) is 0.188. The Morgan fingerprint density at radius 1 is 1.17 bits per heavy atom. The van der Waals surface area contributed by atoms with Crippen molar-refractivity contribution in [3.63, 3.8) is 0 Å². The van der Waals surface area contributed by atoms with E-state index in [4.69, 9.17) is 9.15 Å². The van der Waals surface area contributed by atoms with E-state index in [1.807, 2.05) is 0 Å². The van der Waals surface area contributed by atoms with Gasteiger partial charge in [0.05, 0.1) is 11.9 Å². The molecule has 0 amide bonds. The molecule has 3 aromatic rings. The minimum Gasteiger partial charge on any atom is -0.448 e. The van der Waals surface area contributed by atoms with Gasteiger partial charge in [-0.05, 0) is 38.1 Å². The number of nitrogens with zero attached hydrogens (tertiary/aromatic N) is 4. The molecule has 0 saturated carbocycles. The Kier molecular flexibility index (Phi) is 4.28. The summed E-state index contributed by atoms with van der Waals surface area (Å²) in [7, 11) is 0. The maximum absolute atomic E-state index is 12.9. The number of rotatable bonds is 4. The van der Waals surface area contributed by atoms with Crippen LogP contribution in [-0.4, -0.2) is 26.1 Å². The normalized spacial score (nSPS) is 12.0. The van der Waals surface area contributed by atoms with Gasteiger partial charge in [0.2, 0.25) is 5.89 Å². The number of hydrogen-bond donors (Lipinski definition) is 0. The molecule has 2 heterocycles. The molecule has 3 rings (SSSR count). The van der Waals surface area contributed by atoms with Crippen LogP contribution in [-0.2, 0) is 4.74 Å². The Hall–Kier alpha value is -3.16. The largest absolute Gasteiger partial charge is 0.448 e.